The summed E-state index contributed by atoms with van der Waals surface area (Å²) in [5.74, 6) is 0.289. The Morgan fingerprint density at radius 1 is 1.04 bits per heavy atom. The molecule has 0 unspecified atom stereocenters. The summed E-state index contributed by atoms with van der Waals surface area (Å²) in [5, 5.41) is 23.0. The number of aromatic nitrogens is 2. The highest BCUT2D eigenvalue weighted by molar-refractivity contribution is 6.31. The molecule has 0 aliphatic carbocycles. The number of pyridine rings is 2. The number of rotatable bonds is 3. The van der Waals surface area contributed by atoms with Crippen molar-refractivity contribution in [3.05, 3.63) is 62.0 Å². The van der Waals surface area contributed by atoms with E-state index in [1.807, 2.05) is 0 Å². The molecule has 0 amide bonds. The van der Waals surface area contributed by atoms with Gasteiger partial charge in [-0.15, -0.1) is 0 Å². The van der Waals surface area contributed by atoms with E-state index >= 15 is 0 Å². The Balaban J connectivity index is 0. The maximum absolute atomic E-state index is 10.3. The average molecular weight is 359 g/mol. The standard InChI is InChI=1S/C6H7N3O2.C5H3ClN2O2.CH5N.CH4/c1-7-6-5(9(10)11)3-2-4-8-6;6-5-4(8(9)10)2-1-3-7-5;1-2;/h2-4H,1H3,(H,7,8);1-3H;2H2,1H3;1H4. The molecule has 0 atom stereocenters. The number of anilines is 1. The van der Waals surface area contributed by atoms with Gasteiger partial charge in [0.25, 0.3) is 0 Å². The van der Waals surface area contributed by atoms with Crippen LogP contribution in [0.25, 0.3) is 0 Å². The first kappa shape index (κ1) is 23.4. The lowest BCUT2D eigenvalue weighted by Crippen LogP contribution is -1.97. The Bertz CT molecular complexity index is 656. The van der Waals surface area contributed by atoms with E-state index in [4.69, 9.17) is 11.6 Å². The first-order chi connectivity index (χ1) is 11.0. The highest BCUT2D eigenvalue weighted by atomic mass is 35.5. The van der Waals surface area contributed by atoms with Gasteiger partial charge in [0.2, 0.25) is 11.0 Å². The number of nitrogens with two attached hydrogens (primary N) is 1. The summed E-state index contributed by atoms with van der Waals surface area (Å²) in [6, 6.07) is 5.69. The van der Waals surface area contributed by atoms with Crippen LogP contribution in [0.2, 0.25) is 5.15 Å². The average Bonchev–Trinajstić information content (AvgIpc) is 2.57. The van der Waals surface area contributed by atoms with Crippen LogP contribution in [0.4, 0.5) is 17.2 Å². The minimum Gasteiger partial charge on any atom is -0.367 e. The van der Waals surface area contributed by atoms with Gasteiger partial charge in [0.15, 0.2) is 0 Å². The monoisotopic (exact) mass is 358 g/mol. The highest BCUT2D eigenvalue weighted by Crippen LogP contribution is 2.19. The predicted octanol–water partition coefficient (Wildman–Crippen LogP) is 2.89. The SMILES string of the molecule is C.CN.CNc1ncccc1[N+](=O)[O-].O=[N+]([O-])c1cccnc1Cl. The molecule has 0 saturated carbocycles. The zero-order valence-electron chi connectivity index (χ0n) is 12.3. The number of hydrogen-bond acceptors (Lipinski definition) is 8. The molecule has 11 heteroatoms. The van der Waals surface area contributed by atoms with Crippen molar-refractivity contribution in [3.63, 3.8) is 0 Å². The third kappa shape index (κ3) is 7.42. The minimum atomic E-state index is -0.574. The maximum Gasteiger partial charge on any atom is 0.311 e. The molecule has 0 aliphatic heterocycles. The summed E-state index contributed by atoms with van der Waals surface area (Å²) in [5.41, 5.74) is 4.33. The lowest BCUT2D eigenvalue weighted by molar-refractivity contribution is -0.385. The smallest absolute Gasteiger partial charge is 0.311 e. The van der Waals surface area contributed by atoms with Crippen molar-refractivity contribution in [2.75, 3.05) is 19.4 Å². The van der Waals surface area contributed by atoms with Crippen molar-refractivity contribution in [1.29, 1.82) is 0 Å². The van der Waals surface area contributed by atoms with Gasteiger partial charge < -0.3 is 11.1 Å². The second kappa shape index (κ2) is 12.7. The Hall–Kier alpha value is -2.85. The first-order valence-corrected chi connectivity index (χ1v) is 6.45. The van der Waals surface area contributed by atoms with Crippen LogP contribution in [0.15, 0.2) is 36.7 Å². The van der Waals surface area contributed by atoms with E-state index < -0.39 is 9.85 Å². The Morgan fingerprint density at radius 2 is 1.50 bits per heavy atom. The summed E-state index contributed by atoms with van der Waals surface area (Å²) < 4.78 is 0. The summed E-state index contributed by atoms with van der Waals surface area (Å²) >= 11 is 5.37. The number of nitrogens with one attached hydrogen (secondary N) is 1. The molecule has 0 bridgehead atoms. The molecule has 0 radical (unpaired) electrons. The number of nitrogens with zero attached hydrogens (tertiary/aromatic N) is 4. The van der Waals surface area contributed by atoms with Gasteiger partial charge in [0, 0.05) is 31.6 Å². The third-order valence-corrected chi connectivity index (χ3v) is 2.45. The number of nitro groups is 2. The zero-order chi connectivity index (χ0) is 17.8. The minimum absolute atomic E-state index is 0. The molecule has 0 spiro atoms. The van der Waals surface area contributed by atoms with Crippen LogP contribution < -0.4 is 11.1 Å². The van der Waals surface area contributed by atoms with Crippen LogP contribution in [0.1, 0.15) is 7.43 Å². The van der Waals surface area contributed by atoms with Gasteiger partial charge >= 0.3 is 11.4 Å². The van der Waals surface area contributed by atoms with Crippen LogP contribution in [0.5, 0.6) is 0 Å². The van der Waals surface area contributed by atoms with Crippen molar-refractivity contribution >= 4 is 28.8 Å². The molecular weight excluding hydrogens is 340 g/mol. The van der Waals surface area contributed by atoms with Gasteiger partial charge in [-0.25, -0.2) is 9.97 Å². The largest absolute Gasteiger partial charge is 0.367 e. The normalized spacial score (nSPS) is 8.33. The van der Waals surface area contributed by atoms with E-state index in [-0.39, 0.29) is 29.8 Å². The fourth-order valence-corrected chi connectivity index (χ4v) is 1.44. The molecule has 10 nitrogen and oxygen atoms in total. The van der Waals surface area contributed by atoms with E-state index in [1.165, 1.54) is 43.7 Å². The summed E-state index contributed by atoms with van der Waals surface area (Å²) in [6.07, 6.45) is 2.90. The van der Waals surface area contributed by atoms with Crippen molar-refractivity contribution < 1.29 is 9.85 Å². The maximum atomic E-state index is 10.3. The van der Waals surface area contributed by atoms with Crippen molar-refractivity contribution in [2.24, 2.45) is 5.73 Å². The van der Waals surface area contributed by atoms with Gasteiger partial charge in [0.1, 0.15) is 0 Å². The van der Waals surface area contributed by atoms with Gasteiger partial charge in [0.05, 0.1) is 9.85 Å². The molecule has 2 aromatic rings. The highest BCUT2D eigenvalue weighted by Gasteiger charge is 2.11. The van der Waals surface area contributed by atoms with Gasteiger partial charge in [-0.1, -0.05) is 19.0 Å². The zero-order valence-corrected chi connectivity index (χ0v) is 13.1. The second-order valence-corrected chi connectivity index (χ2v) is 3.81. The topological polar surface area (TPSA) is 150 Å². The molecule has 0 aliphatic rings. The lowest BCUT2D eigenvalue weighted by Gasteiger charge is -1.97. The third-order valence-electron chi connectivity index (χ3n) is 2.16. The van der Waals surface area contributed by atoms with Crippen LogP contribution >= 0.6 is 11.6 Å². The molecule has 132 valence electrons. The van der Waals surface area contributed by atoms with Crippen LogP contribution in [-0.4, -0.2) is 33.9 Å². The summed E-state index contributed by atoms with van der Waals surface area (Å²) in [6.45, 7) is 0. The Kier molecular flexibility index (Phi) is 12.4. The van der Waals surface area contributed by atoms with Gasteiger partial charge in [-0.2, -0.15) is 0 Å². The predicted molar refractivity (Wildman–Crippen MR) is 93.2 cm³/mol. The first-order valence-electron chi connectivity index (χ1n) is 6.07. The fraction of sp³-hybridized carbons (Fsp3) is 0.231. The fourth-order valence-electron chi connectivity index (χ4n) is 1.25. The van der Waals surface area contributed by atoms with Gasteiger partial charge in [-0.05, 0) is 19.2 Å². The van der Waals surface area contributed by atoms with Crippen LogP contribution in [0, 0.1) is 20.2 Å². The molecule has 2 heterocycles. The molecule has 0 saturated heterocycles. The molecule has 0 fully saturated rings. The van der Waals surface area contributed by atoms with E-state index in [1.54, 1.807) is 7.05 Å². The van der Waals surface area contributed by atoms with Crippen LogP contribution in [0.3, 0.4) is 0 Å². The van der Waals surface area contributed by atoms with E-state index in [2.05, 4.69) is 21.0 Å². The molecular formula is C13H19ClN6O4. The Morgan fingerprint density at radius 3 is 1.83 bits per heavy atom. The van der Waals surface area contributed by atoms with Crippen molar-refractivity contribution in [3.8, 4) is 0 Å². The molecule has 24 heavy (non-hydrogen) atoms. The van der Waals surface area contributed by atoms with Gasteiger partial charge in [-0.3, -0.25) is 20.2 Å². The lowest BCUT2D eigenvalue weighted by atomic mass is 10.4. The van der Waals surface area contributed by atoms with E-state index in [0.717, 1.165) is 0 Å². The van der Waals surface area contributed by atoms with Crippen molar-refractivity contribution in [2.45, 2.75) is 7.43 Å². The van der Waals surface area contributed by atoms with E-state index in [0.29, 0.717) is 0 Å². The quantitative estimate of drug-likeness (QED) is 0.482. The van der Waals surface area contributed by atoms with Crippen LogP contribution in [-0.2, 0) is 0 Å². The van der Waals surface area contributed by atoms with E-state index in [9.17, 15) is 20.2 Å². The number of halogens is 1. The Labute approximate surface area is 144 Å². The summed E-state index contributed by atoms with van der Waals surface area (Å²) in [4.78, 5) is 26.7. The molecule has 2 aromatic heterocycles. The summed E-state index contributed by atoms with van der Waals surface area (Å²) in [7, 11) is 3.09. The molecule has 3 N–H and O–H groups in total. The van der Waals surface area contributed by atoms with Crippen molar-refractivity contribution in [1.82, 2.24) is 9.97 Å². The molecule has 0 aromatic carbocycles. The molecule has 2 rings (SSSR count). The number of hydrogen-bond donors (Lipinski definition) is 2. The second-order valence-electron chi connectivity index (χ2n) is 3.45.